The van der Waals surface area contributed by atoms with Crippen LogP contribution in [0.4, 0.5) is 0 Å². The number of Topliss-reactive ketones (excluding diaryl/α,β-unsaturated/α-hetero) is 1. The number of hydrogen-bond acceptors (Lipinski definition) is 2. The molecule has 0 aliphatic heterocycles. The number of rotatable bonds is 4. The van der Waals surface area contributed by atoms with Crippen LogP contribution in [0, 0.1) is 12.8 Å². The van der Waals surface area contributed by atoms with Crippen LogP contribution in [0.15, 0.2) is 24.3 Å². The van der Waals surface area contributed by atoms with Gasteiger partial charge in [-0.3, -0.25) is 4.79 Å². The normalized spacial score (nSPS) is 16.8. The van der Waals surface area contributed by atoms with E-state index in [1.807, 2.05) is 31.2 Å². The molecule has 2 rings (SSSR count). The van der Waals surface area contributed by atoms with Gasteiger partial charge in [-0.05, 0) is 37.5 Å². The van der Waals surface area contributed by atoms with Gasteiger partial charge in [0.05, 0.1) is 0 Å². The van der Waals surface area contributed by atoms with Crippen LogP contribution in [0.3, 0.4) is 0 Å². The van der Waals surface area contributed by atoms with Crippen LogP contribution >= 0.6 is 0 Å². The molecule has 2 nitrogen and oxygen atoms in total. The average molecular weight is 232 g/mol. The number of benzene rings is 1. The lowest BCUT2D eigenvalue weighted by atomic mass is 9.86. The van der Waals surface area contributed by atoms with Gasteiger partial charge in [0.2, 0.25) is 0 Å². The third kappa shape index (κ3) is 3.58. The van der Waals surface area contributed by atoms with Crippen molar-refractivity contribution in [3.8, 4) is 5.75 Å². The van der Waals surface area contributed by atoms with Crippen molar-refractivity contribution >= 4 is 5.78 Å². The van der Waals surface area contributed by atoms with E-state index in [4.69, 9.17) is 4.74 Å². The summed E-state index contributed by atoms with van der Waals surface area (Å²) in [6.07, 6.45) is 5.77. The first-order valence-corrected chi connectivity index (χ1v) is 6.48. The van der Waals surface area contributed by atoms with Crippen molar-refractivity contribution in [2.45, 2.75) is 39.0 Å². The molecule has 0 bridgehead atoms. The van der Waals surface area contributed by atoms with Gasteiger partial charge in [0, 0.05) is 5.92 Å². The van der Waals surface area contributed by atoms with Crippen molar-refractivity contribution in [1.29, 1.82) is 0 Å². The second-order valence-electron chi connectivity index (χ2n) is 4.91. The number of carbonyl (C=O) groups is 1. The average Bonchev–Trinajstić information content (AvgIpc) is 2.37. The third-order valence-corrected chi connectivity index (χ3v) is 3.43. The number of carbonyl (C=O) groups excluding carboxylic acids is 1. The summed E-state index contributed by atoms with van der Waals surface area (Å²) in [7, 11) is 0. The minimum atomic E-state index is 0.230. The molecule has 2 heteroatoms. The molecule has 1 aromatic carbocycles. The molecular formula is C15H20O2. The molecule has 0 unspecified atom stereocenters. The Kier molecular flexibility index (Phi) is 4.18. The summed E-state index contributed by atoms with van der Waals surface area (Å²) in [5.41, 5.74) is 1.16. The first kappa shape index (κ1) is 12.2. The molecule has 0 amide bonds. The Bertz CT molecular complexity index is 378. The van der Waals surface area contributed by atoms with E-state index >= 15 is 0 Å². The summed E-state index contributed by atoms with van der Waals surface area (Å²) in [6, 6.07) is 7.85. The van der Waals surface area contributed by atoms with Crippen LogP contribution < -0.4 is 4.74 Å². The highest BCUT2D eigenvalue weighted by Crippen LogP contribution is 2.24. The lowest BCUT2D eigenvalue weighted by Crippen LogP contribution is -2.23. The van der Waals surface area contributed by atoms with E-state index in [9.17, 15) is 4.79 Å². The monoisotopic (exact) mass is 232 g/mol. The molecule has 0 aromatic heterocycles. The van der Waals surface area contributed by atoms with E-state index in [0.717, 1.165) is 24.2 Å². The van der Waals surface area contributed by atoms with Gasteiger partial charge < -0.3 is 4.74 Å². The maximum Gasteiger partial charge on any atom is 0.173 e. The Morgan fingerprint density at radius 2 is 2.06 bits per heavy atom. The van der Waals surface area contributed by atoms with E-state index in [1.54, 1.807) is 0 Å². The van der Waals surface area contributed by atoms with Crippen LogP contribution in [0.25, 0.3) is 0 Å². The molecule has 1 aromatic rings. The molecule has 1 fully saturated rings. The Morgan fingerprint density at radius 1 is 1.29 bits per heavy atom. The van der Waals surface area contributed by atoms with Crippen molar-refractivity contribution in [3.05, 3.63) is 29.8 Å². The second-order valence-corrected chi connectivity index (χ2v) is 4.91. The van der Waals surface area contributed by atoms with E-state index in [1.165, 1.54) is 19.3 Å². The maximum atomic E-state index is 11.9. The summed E-state index contributed by atoms with van der Waals surface area (Å²) >= 11 is 0. The molecule has 0 radical (unpaired) electrons. The van der Waals surface area contributed by atoms with Crippen molar-refractivity contribution in [1.82, 2.24) is 0 Å². The van der Waals surface area contributed by atoms with Crippen LogP contribution in [0.5, 0.6) is 5.75 Å². The summed E-state index contributed by atoms with van der Waals surface area (Å²) < 4.78 is 5.55. The molecule has 1 aliphatic rings. The standard InChI is InChI=1S/C15H20O2/c1-12-6-5-9-14(10-12)17-11-15(16)13-7-3-2-4-8-13/h5-6,9-10,13H,2-4,7-8,11H2,1H3. The van der Waals surface area contributed by atoms with Gasteiger partial charge in [0.1, 0.15) is 12.4 Å². The second kappa shape index (κ2) is 5.85. The number of aryl methyl sites for hydroxylation is 1. The number of ether oxygens (including phenoxy) is 1. The molecule has 92 valence electrons. The zero-order valence-electron chi connectivity index (χ0n) is 10.4. The van der Waals surface area contributed by atoms with Crippen LogP contribution in [-0.4, -0.2) is 12.4 Å². The first-order valence-electron chi connectivity index (χ1n) is 6.48. The highest BCUT2D eigenvalue weighted by molar-refractivity contribution is 5.82. The van der Waals surface area contributed by atoms with Crippen LogP contribution in [0.2, 0.25) is 0 Å². The van der Waals surface area contributed by atoms with Gasteiger partial charge in [0.15, 0.2) is 5.78 Å². The summed E-state index contributed by atoms with van der Waals surface area (Å²) in [4.78, 5) is 11.9. The summed E-state index contributed by atoms with van der Waals surface area (Å²) in [6.45, 7) is 2.25. The summed E-state index contributed by atoms with van der Waals surface area (Å²) in [5.74, 6) is 1.31. The quantitative estimate of drug-likeness (QED) is 0.794. The molecule has 17 heavy (non-hydrogen) atoms. The Morgan fingerprint density at radius 3 is 2.76 bits per heavy atom. The Balaban J connectivity index is 1.83. The van der Waals surface area contributed by atoms with Crippen LogP contribution in [0.1, 0.15) is 37.7 Å². The Hall–Kier alpha value is -1.31. The predicted octanol–water partition coefficient (Wildman–Crippen LogP) is 3.52. The molecule has 0 atom stereocenters. The van der Waals surface area contributed by atoms with Crippen molar-refractivity contribution in [3.63, 3.8) is 0 Å². The van der Waals surface area contributed by atoms with E-state index in [0.29, 0.717) is 0 Å². The van der Waals surface area contributed by atoms with Gasteiger partial charge in [-0.1, -0.05) is 31.4 Å². The zero-order chi connectivity index (χ0) is 12.1. The van der Waals surface area contributed by atoms with Crippen LogP contribution in [-0.2, 0) is 4.79 Å². The van der Waals surface area contributed by atoms with Gasteiger partial charge in [-0.25, -0.2) is 0 Å². The SMILES string of the molecule is Cc1cccc(OCC(=O)C2CCCCC2)c1. The smallest absolute Gasteiger partial charge is 0.173 e. The van der Waals surface area contributed by atoms with Crippen molar-refractivity contribution in [2.24, 2.45) is 5.92 Å². The van der Waals surface area contributed by atoms with Crippen molar-refractivity contribution in [2.75, 3.05) is 6.61 Å². The Labute approximate surface area is 103 Å². The van der Waals surface area contributed by atoms with E-state index in [2.05, 4.69) is 0 Å². The number of ketones is 1. The molecule has 0 N–H and O–H groups in total. The van der Waals surface area contributed by atoms with E-state index in [-0.39, 0.29) is 18.3 Å². The third-order valence-electron chi connectivity index (χ3n) is 3.43. The topological polar surface area (TPSA) is 26.3 Å². The highest BCUT2D eigenvalue weighted by Gasteiger charge is 2.21. The van der Waals surface area contributed by atoms with Gasteiger partial charge >= 0.3 is 0 Å². The van der Waals surface area contributed by atoms with Gasteiger partial charge in [-0.15, -0.1) is 0 Å². The minimum absolute atomic E-state index is 0.230. The molecule has 1 aliphatic carbocycles. The highest BCUT2D eigenvalue weighted by atomic mass is 16.5. The fraction of sp³-hybridized carbons (Fsp3) is 0.533. The molecule has 0 saturated heterocycles. The molecule has 0 spiro atoms. The van der Waals surface area contributed by atoms with Gasteiger partial charge in [-0.2, -0.15) is 0 Å². The fourth-order valence-corrected chi connectivity index (χ4v) is 2.40. The first-order chi connectivity index (χ1) is 8.25. The predicted molar refractivity (Wildman–Crippen MR) is 68.3 cm³/mol. The minimum Gasteiger partial charge on any atom is -0.486 e. The number of hydrogen-bond donors (Lipinski definition) is 0. The largest absolute Gasteiger partial charge is 0.486 e. The molecule has 0 heterocycles. The van der Waals surface area contributed by atoms with Crippen molar-refractivity contribution < 1.29 is 9.53 Å². The molecular weight excluding hydrogens is 212 g/mol. The zero-order valence-corrected chi connectivity index (χ0v) is 10.4. The lowest BCUT2D eigenvalue weighted by molar-refractivity contribution is -0.125. The van der Waals surface area contributed by atoms with E-state index < -0.39 is 0 Å². The molecule has 1 saturated carbocycles. The lowest BCUT2D eigenvalue weighted by Gasteiger charge is -2.20. The maximum absolute atomic E-state index is 11.9. The fourth-order valence-electron chi connectivity index (χ4n) is 2.40. The van der Waals surface area contributed by atoms with Gasteiger partial charge in [0.25, 0.3) is 0 Å². The summed E-state index contributed by atoms with van der Waals surface area (Å²) in [5, 5.41) is 0.